The molecule has 0 bridgehead atoms. The number of hydrogen-bond acceptors (Lipinski definition) is 2. The Hall–Kier alpha value is -1.84. The molecule has 1 aliphatic carbocycles. The maximum atomic E-state index is 12.7. The lowest BCUT2D eigenvalue weighted by Gasteiger charge is -2.34. The second kappa shape index (κ2) is 6.73. The molecule has 2 N–H and O–H groups in total. The molecular weight excluding hydrogens is 290 g/mol. The number of nitrogens with one attached hydrogen (secondary N) is 1. The standard InChI is InChI=1S/C19H27NO3/c1-14-7-9-15(10-8-14)18(2,3)16(21)20-13-19(17(22)23)11-5-4-6-12-19/h7-10H,4-6,11-13H2,1-3H3,(H,20,21)(H,22,23). The van der Waals surface area contributed by atoms with Crippen LogP contribution in [-0.2, 0) is 15.0 Å². The highest BCUT2D eigenvalue weighted by atomic mass is 16.4. The maximum absolute atomic E-state index is 12.7. The van der Waals surface area contributed by atoms with Gasteiger partial charge in [0.1, 0.15) is 0 Å². The van der Waals surface area contributed by atoms with Crippen molar-refractivity contribution >= 4 is 11.9 Å². The molecule has 4 heteroatoms. The zero-order chi connectivity index (χ0) is 17.1. The summed E-state index contributed by atoms with van der Waals surface area (Å²) in [7, 11) is 0. The van der Waals surface area contributed by atoms with E-state index in [0.717, 1.165) is 30.4 Å². The van der Waals surface area contributed by atoms with Crippen molar-refractivity contribution in [2.45, 2.75) is 58.3 Å². The summed E-state index contributed by atoms with van der Waals surface area (Å²) in [6.45, 7) is 5.98. The number of carboxylic acid groups (broad SMARTS) is 1. The van der Waals surface area contributed by atoms with Crippen molar-refractivity contribution in [2.24, 2.45) is 5.41 Å². The molecule has 23 heavy (non-hydrogen) atoms. The molecular formula is C19H27NO3. The van der Waals surface area contributed by atoms with E-state index in [1.807, 2.05) is 45.0 Å². The number of rotatable bonds is 5. The van der Waals surface area contributed by atoms with Gasteiger partial charge in [-0.05, 0) is 39.2 Å². The van der Waals surface area contributed by atoms with Crippen LogP contribution in [0.3, 0.4) is 0 Å². The van der Waals surface area contributed by atoms with Crippen LogP contribution in [0, 0.1) is 12.3 Å². The third-order valence-corrected chi connectivity index (χ3v) is 5.19. The molecule has 0 aromatic heterocycles. The normalized spacial score (nSPS) is 17.5. The Kier molecular flexibility index (Phi) is 5.12. The molecule has 1 aromatic carbocycles. The summed E-state index contributed by atoms with van der Waals surface area (Å²) in [5.41, 5.74) is 0.616. The Morgan fingerprint density at radius 3 is 2.22 bits per heavy atom. The van der Waals surface area contributed by atoms with Crippen molar-refractivity contribution in [1.82, 2.24) is 5.32 Å². The Morgan fingerprint density at radius 1 is 1.13 bits per heavy atom. The van der Waals surface area contributed by atoms with Gasteiger partial charge < -0.3 is 10.4 Å². The predicted molar refractivity (Wildman–Crippen MR) is 90.4 cm³/mol. The van der Waals surface area contributed by atoms with Gasteiger partial charge in [-0.3, -0.25) is 9.59 Å². The number of carbonyl (C=O) groups is 2. The summed E-state index contributed by atoms with van der Waals surface area (Å²) >= 11 is 0. The largest absolute Gasteiger partial charge is 0.481 e. The van der Waals surface area contributed by atoms with Crippen LogP contribution < -0.4 is 5.32 Å². The minimum absolute atomic E-state index is 0.118. The topological polar surface area (TPSA) is 66.4 Å². The lowest BCUT2D eigenvalue weighted by atomic mass is 9.73. The highest BCUT2D eigenvalue weighted by Crippen LogP contribution is 2.36. The van der Waals surface area contributed by atoms with E-state index >= 15 is 0 Å². The number of carboxylic acids is 1. The summed E-state index contributed by atoms with van der Waals surface area (Å²) in [5, 5.41) is 12.5. The van der Waals surface area contributed by atoms with Gasteiger partial charge in [0.15, 0.2) is 0 Å². The Balaban J connectivity index is 2.08. The zero-order valence-electron chi connectivity index (χ0n) is 14.3. The lowest BCUT2D eigenvalue weighted by Crippen LogP contribution is -2.48. The first kappa shape index (κ1) is 17.5. The van der Waals surface area contributed by atoms with Gasteiger partial charge in [0.05, 0.1) is 10.8 Å². The number of amides is 1. The summed E-state index contributed by atoms with van der Waals surface area (Å²) in [5.74, 6) is -0.904. The molecule has 0 radical (unpaired) electrons. The molecule has 126 valence electrons. The summed E-state index contributed by atoms with van der Waals surface area (Å²) in [4.78, 5) is 24.3. The molecule has 0 saturated heterocycles. The summed E-state index contributed by atoms with van der Waals surface area (Å²) in [6.07, 6.45) is 4.21. The Morgan fingerprint density at radius 2 is 1.70 bits per heavy atom. The lowest BCUT2D eigenvalue weighted by molar-refractivity contribution is -0.151. The smallest absolute Gasteiger partial charge is 0.311 e. The van der Waals surface area contributed by atoms with Gasteiger partial charge >= 0.3 is 5.97 Å². The van der Waals surface area contributed by atoms with Gasteiger partial charge in [-0.25, -0.2) is 0 Å². The van der Waals surface area contributed by atoms with Crippen LogP contribution in [0.5, 0.6) is 0 Å². The van der Waals surface area contributed by atoms with Crippen molar-refractivity contribution < 1.29 is 14.7 Å². The van der Waals surface area contributed by atoms with Gasteiger partial charge in [-0.15, -0.1) is 0 Å². The third-order valence-electron chi connectivity index (χ3n) is 5.19. The second-order valence-electron chi connectivity index (χ2n) is 7.32. The molecule has 1 amide bonds. The average Bonchev–Trinajstić information content (AvgIpc) is 2.53. The van der Waals surface area contributed by atoms with Crippen molar-refractivity contribution in [3.8, 4) is 0 Å². The molecule has 0 spiro atoms. The monoisotopic (exact) mass is 317 g/mol. The van der Waals surface area contributed by atoms with Gasteiger partial charge in [-0.2, -0.15) is 0 Å². The van der Waals surface area contributed by atoms with Gasteiger partial charge in [-0.1, -0.05) is 49.1 Å². The average molecular weight is 317 g/mol. The third kappa shape index (κ3) is 3.74. The number of benzene rings is 1. The van der Waals surface area contributed by atoms with Gasteiger partial charge in [0, 0.05) is 6.54 Å². The quantitative estimate of drug-likeness (QED) is 0.874. The summed E-state index contributed by atoms with van der Waals surface area (Å²) < 4.78 is 0. The fourth-order valence-electron chi connectivity index (χ4n) is 3.27. The van der Waals surface area contributed by atoms with Crippen molar-refractivity contribution in [1.29, 1.82) is 0 Å². The fourth-order valence-corrected chi connectivity index (χ4v) is 3.27. The van der Waals surface area contributed by atoms with Gasteiger partial charge in [0.2, 0.25) is 5.91 Å². The van der Waals surface area contributed by atoms with E-state index < -0.39 is 16.8 Å². The zero-order valence-corrected chi connectivity index (χ0v) is 14.3. The summed E-state index contributed by atoms with van der Waals surface area (Å²) in [6, 6.07) is 7.90. The van der Waals surface area contributed by atoms with E-state index in [2.05, 4.69) is 5.32 Å². The fraction of sp³-hybridized carbons (Fsp3) is 0.579. The maximum Gasteiger partial charge on any atom is 0.311 e. The van der Waals surface area contributed by atoms with E-state index in [0.29, 0.717) is 12.8 Å². The van der Waals surface area contributed by atoms with Crippen molar-refractivity contribution in [2.75, 3.05) is 6.54 Å². The number of carbonyl (C=O) groups excluding carboxylic acids is 1. The first-order valence-corrected chi connectivity index (χ1v) is 8.37. The second-order valence-corrected chi connectivity index (χ2v) is 7.32. The molecule has 0 atom stereocenters. The molecule has 2 rings (SSSR count). The number of aryl methyl sites for hydroxylation is 1. The Labute approximate surface area is 138 Å². The van der Waals surface area contributed by atoms with E-state index in [4.69, 9.17) is 0 Å². The van der Waals surface area contributed by atoms with Crippen LogP contribution >= 0.6 is 0 Å². The highest BCUT2D eigenvalue weighted by Gasteiger charge is 2.41. The number of aliphatic carboxylic acids is 1. The van der Waals surface area contributed by atoms with Crippen LogP contribution in [0.25, 0.3) is 0 Å². The van der Waals surface area contributed by atoms with Gasteiger partial charge in [0.25, 0.3) is 0 Å². The molecule has 0 aliphatic heterocycles. The first-order valence-electron chi connectivity index (χ1n) is 8.37. The van der Waals surface area contributed by atoms with Crippen molar-refractivity contribution in [3.05, 3.63) is 35.4 Å². The molecule has 1 aromatic rings. The Bertz CT molecular complexity index is 569. The number of hydrogen-bond donors (Lipinski definition) is 2. The van der Waals surface area contributed by atoms with Crippen molar-refractivity contribution in [3.63, 3.8) is 0 Å². The molecule has 1 fully saturated rings. The van der Waals surface area contributed by atoms with E-state index in [9.17, 15) is 14.7 Å². The molecule has 1 aliphatic rings. The van der Waals surface area contributed by atoms with E-state index in [1.165, 1.54) is 0 Å². The minimum atomic E-state index is -0.794. The van der Waals surface area contributed by atoms with E-state index in [-0.39, 0.29) is 12.5 Å². The molecule has 0 unspecified atom stereocenters. The SMILES string of the molecule is Cc1ccc(C(C)(C)C(=O)NCC2(C(=O)O)CCCCC2)cc1. The predicted octanol–water partition coefficient (Wildman–Crippen LogP) is 3.42. The molecule has 0 heterocycles. The minimum Gasteiger partial charge on any atom is -0.481 e. The molecule has 4 nitrogen and oxygen atoms in total. The van der Waals surface area contributed by atoms with E-state index in [1.54, 1.807) is 0 Å². The van der Waals surface area contributed by atoms with Crippen LogP contribution in [0.1, 0.15) is 57.1 Å². The van der Waals surface area contributed by atoms with Crippen LogP contribution in [0.4, 0.5) is 0 Å². The van der Waals surface area contributed by atoms with Crippen LogP contribution in [0.15, 0.2) is 24.3 Å². The van der Waals surface area contributed by atoms with Crippen LogP contribution in [0.2, 0.25) is 0 Å². The first-order chi connectivity index (χ1) is 10.8. The van der Waals surface area contributed by atoms with Crippen LogP contribution in [-0.4, -0.2) is 23.5 Å². The highest BCUT2D eigenvalue weighted by molar-refractivity contribution is 5.88. The molecule has 1 saturated carbocycles.